The van der Waals surface area contributed by atoms with Gasteiger partial charge >= 0.3 is 5.97 Å². The van der Waals surface area contributed by atoms with Crippen LogP contribution in [0.4, 0.5) is 0 Å². The molecule has 1 amide bonds. The predicted molar refractivity (Wildman–Crippen MR) is 320 cm³/mol. The van der Waals surface area contributed by atoms with Crippen molar-refractivity contribution in [1.82, 2.24) is 5.32 Å². The van der Waals surface area contributed by atoms with E-state index in [9.17, 15) is 19.8 Å². The molecule has 0 rings (SSSR count). The summed E-state index contributed by atoms with van der Waals surface area (Å²) < 4.78 is 5.50. The molecule has 0 saturated carbocycles. The fourth-order valence-corrected chi connectivity index (χ4v) is 10.7. The van der Waals surface area contributed by atoms with Gasteiger partial charge in [0.1, 0.15) is 0 Å². The Bertz CT molecular complexity index is 1100. The summed E-state index contributed by atoms with van der Waals surface area (Å²) in [5.41, 5.74) is 0. The SMILES string of the molecule is CCCCCCCCC/C=C\CCCCCCCCCC(=O)OCCCCCCCCCCCCCCCCCCCCCC(=O)NC(CO)C(O)CCCCCCCCCCCCCCCCCCCCC. The second-order valence-corrected chi connectivity index (χ2v) is 23.2. The molecule has 0 aromatic carbocycles. The number of esters is 1. The van der Waals surface area contributed by atoms with Crippen LogP contribution >= 0.6 is 0 Å². The van der Waals surface area contributed by atoms with Crippen molar-refractivity contribution in [3.63, 3.8) is 0 Å². The Morgan fingerprint density at radius 2 is 0.644 bits per heavy atom. The maximum atomic E-state index is 12.5. The van der Waals surface area contributed by atoms with Crippen LogP contribution in [0.15, 0.2) is 12.2 Å². The lowest BCUT2D eigenvalue weighted by Crippen LogP contribution is -2.45. The molecule has 0 aliphatic rings. The highest BCUT2D eigenvalue weighted by Crippen LogP contribution is 2.19. The molecule has 0 aliphatic heterocycles. The van der Waals surface area contributed by atoms with E-state index in [-0.39, 0.29) is 18.5 Å². The third-order valence-corrected chi connectivity index (χ3v) is 15.8. The number of hydrogen-bond acceptors (Lipinski definition) is 5. The van der Waals surface area contributed by atoms with Gasteiger partial charge in [-0.1, -0.05) is 328 Å². The second kappa shape index (κ2) is 63.1. The summed E-state index contributed by atoms with van der Waals surface area (Å²) in [6.07, 6.45) is 76.6. The van der Waals surface area contributed by atoms with Crippen LogP contribution in [0.25, 0.3) is 0 Å². The third kappa shape index (κ3) is 59.7. The number of unbranched alkanes of at least 4 members (excludes halogenated alkanes) is 50. The number of amides is 1. The molecule has 0 spiro atoms. The second-order valence-electron chi connectivity index (χ2n) is 23.2. The zero-order valence-electron chi connectivity index (χ0n) is 49.6. The van der Waals surface area contributed by atoms with Crippen LogP contribution in [0.3, 0.4) is 0 Å². The first-order valence-electron chi connectivity index (χ1n) is 33.4. The molecular formula is C67H131NO5. The monoisotopic (exact) mass is 1030 g/mol. The summed E-state index contributed by atoms with van der Waals surface area (Å²) in [5.74, 6) is -0.0264. The molecule has 73 heavy (non-hydrogen) atoms. The van der Waals surface area contributed by atoms with E-state index in [2.05, 4.69) is 31.3 Å². The first kappa shape index (κ1) is 71.6. The molecule has 6 heteroatoms. The Kier molecular flexibility index (Phi) is 61.9. The minimum Gasteiger partial charge on any atom is -0.466 e. The number of carbonyl (C=O) groups excluding carboxylic acids is 2. The zero-order valence-corrected chi connectivity index (χ0v) is 49.6. The van der Waals surface area contributed by atoms with Crippen molar-refractivity contribution >= 4 is 11.9 Å². The van der Waals surface area contributed by atoms with E-state index in [4.69, 9.17) is 4.74 Å². The van der Waals surface area contributed by atoms with Crippen molar-refractivity contribution in [3.8, 4) is 0 Å². The van der Waals surface area contributed by atoms with Crippen molar-refractivity contribution < 1.29 is 24.5 Å². The molecule has 0 bridgehead atoms. The highest BCUT2D eigenvalue weighted by Gasteiger charge is 2.20. The van der Waals surface area contributed by atoms with E-state index in [0.717, 1.165) is 44.9 Å². The van der Waals surface area contributed by atoms with E-state index < -0.39 is 12.1 Å². The van der Waals surface area contributed by atoms with Crippen molar-refractivity contribution in [3.05, 3.63) is 12.2 Å². The van der Waals surface area contributed by atoms with Gasteiger partial charge in [0.25, 0.3) is 0 Å². The van der Waals surface area contributed by atoms with Crippen molar-refractivity contribution in [2.24, 2.45) is 0 Å². The standard InChI is InChI=1S/C67H131NO5/c1-3-5-7-9-11-13-15-17-19-21-24-27-31-35-39-43-47-51-55-59-65(70)64(63-69)68-66(71)60-56-52-48-44-40-36-32-28-25-23-26-30-34-38-42-46-50-54-58-62-73-67(72)61-57-53-49-45-41-37-33-29-22-20-18-16-14-12-10-8-6-4-2/h20,22,64-65,69-70H,3-19,21,23-63H2,1-2H3,(H,68,71)/b22-20-. The number of hydrogen-bond donors (Lipinski definition) is 3. The highest BCUT2D eigenvalue weighted by atomic mass is 16.5. The molecule has 0 heterocycles. The average Bonchev–Trinajstić information content (AvgIpc) is 3.39. The minimum atomic E-state index is -0.666. The van der Waals surface area contributed by atoms with Crippen molar-refractivity contribution in [2.45, 2.75) is 392 Å². The molecule has 0 aliphatic carbocycles. The van der Waals surface area contributed by atoms with Gasteiger partial charge in [0.2, 0.25) is 5.91 Å². The maximum absolute atomic E-state index is 12.5. The van der Waals surface area contributed by atoms with Gasteiger partial charge in [-0.05, 0) is 51.4 Å². The molecule has 434 valence electrons. The van der Waals surface area contributed by atoms with Crippen molar-refractivity contribution in [1.29, 1.82) is 0 Å². The Morgan fingerprint density at radius 1 is 0.370 bits per heavy atom. The van der Waals surface area contributed by atoms with Crippen molar-refractivity contribution in [2.75, 3.05) is 13.2 Å². The normalized spacial score (nSPS) is 12.5. The summed E-state index contributed by atoms with van der Waals surface area (Å²) in [4.78, 5) is 24.6. The molecule has 2 atom stereocenters. The first-order valence-corrected chi connectivity index (χ1v) is 33.4. The third-order valence-electron chi connectivity index (χ3n) is 15.8. The highest BCUT2D eigenvalue weighted by molar-refractivity contribution is 5.76. The van der Waals surface area contributed by atoms with Gasteiger partial charge in [-0.2, -0.15) is 0 Å². The predicted octanol–water partition coefficient (Wildman–Crippen LogP) is 21.2. The topological polar surface area (TPSA) is 95.9 Å². The van der Waals surface area contributed by atoms with Gasteiger partial charge < -0.3 is 20.3 Å². The Morgan fingerprint density at radius 3 is 0.973 bits per heavy atom. The molecule has 0 saturated heterocycles. The van der Waals surface area contributed by atoms with Crippen LogP contribution in [-0.2, 0) is 14.3 Å². The molecular weight excluding hydrogens is 899 g/mol. The molecule has 0 aromatic rings. The van der Waals surface area contributed by atoms with Crippen LogP contribution in [-0.4, -0.2) is 47.4 Å². The summed E-state index contributed by atoms with van der Waals surface area (Å²) in [7, 11) is 0. The molecule has 0 radical (unpaired) electrons. The zero-order chi connectivity index (χ0) is 52.9. The fourth-order valence-electron chi connectivity index (χ4n) is 10.7. The van der Waals surface area contributed by atoms with Crippen LogP contribution in [0.1, 0.15) is 380 Å². The molecule has 2 unspecified atom stereocenters. The summed E-state index contributed by atoms with van der Waals surface area (Å²) in [5, 5.41) is 23.4. The summed E-state index contributed by atoms with van der Waals surface area (Å²) >= 11 is 0. The van der Waals surface area contributed by atoms with E-state index >= 15 is 0 Å². The van der Waals surface area contributed by atoms with Gasteiger partial charge in [0.15, 0.2) is 0 Å². The van der Waals surface area contributed by atoms with Crippen LogP contribution < -0.4 is 5.32 Å². The van der Waals surface area contributed by atoms with E-state index in [1.54, 1.807) is 0 Å². The number of rotatable bonds is 63. The molecule has 0 fully saturated rings. The van der Waals surface area contributed by atoms with Gasteiger partial charge in [0.05, 0.1) is 25.4 Å². The average molecular weight is 1030 g/mol. The smallest absolute Gasteiger partial charge is 0.305 e. The van der Waals surface area contributed by atoms with Gasteiger partial charge in [0, 0.05) is 12.8 Å². The summed E-state index contributed by atoms with van der Waals surface area (Å²) in [6.45, 7) is 4.98. The molecule has 6 nitrogen and oxygen atoms in total. The van der Waals surface area contributed by atoms with Gasteiger partial charge in [-0.15, -0.1) is 0 Å². The number of aliphatic hydroxyl groups excluding tert-OH is 2. The Balaban J connectivity index is 3.38. The fraction of sp³-hybridized carbons (Fsp3) is 0.940. The lowest BCUT2D eigenvalue weighted by atomic mass is 10.0. The number of ether oxygens (including phenoxy) is 1. The number of allylic oxidation sites excluding steroid dienone is 2. The van der Waals surface area contributed by atoms with Gasteiger partial charge in [-0.25, -0.2) is 0 Å². The Hall–Kier alpha value is -1.40. The first-order chi connectivity index (χ1) is 36.0. The molecule has 3 N–H and O–H groups in total. The Labute approximate surface area is 457 Å². The van der Waals surface area contributed by atoms with E-state index in [1.807, 2.05) is 0 Å². The van der Waals surface area contributed by atoms with E-state index in [1.165, 1.54) is 302 Å². The number of carbonyl (C=O) groups is 2. The van der Waals surface area contributed by atoms with Gasteiger partial charge in [-0.3, -0.25) is 9.59 Å². The largest absolute Gasteiger partial charge is 0.466 e. The maximum Gasteiger partial charge on any atom is 0.305 e. The van der Waals surface area contributed by atoms with Crippen LogP contribution in [0, 0.1) is 0 Å². The molecule has 0 aromatic heterocycles. The summed E-state index contributed by atoms with van der Waals surface area (Å²) in [6, 6.07) is -0.544. The quantitative estimate of drug-likeness (QED) is 0.0320. The number of aliphatic hydroxyl groups is 2. The van der Waals surface area contributed by atoms with E-state index in [0.29, 0.717) is 25.9 Å². The van der Waals surface area contributed by atoms with Crippen LogP contribution in [0.2, 0.25) is 0 Å². The number of nitrogens with one attached hydrogen (secondary N) is 1. The van der Waals surface area contributed by atoms with Crippen LogP contribution in [0.5, 0.6) is 0 Å². The lowest BCUT2D eigenvalue weighted by Gasteiger charge is -2.22. The lowest BCUT2D eigenvalue weighted by molar-refractivity contribution is -0.143. The minimum absolute atomic E-state index is 0.00740.